The van der Waals surface area contributed by atoms with Crippen LogP contribution in [-0.2, 0) is 0 Å². The quantitative estimate of drug-likeness (QED) is 0.498. The number of carbonyl (C=O) groups excluding carboxylic acids is 1. The van der Waals surface area contributed by atoms with Gasteiger partial charge in [-0.2, -0.15) is 5.10 Å². The van der Waals surface area contributed by atoms with Crippen molar-refractivity contribution in [2.75, 3.05) is 19.6 Å². The molecule has 0 aliphatic carbocycles. The van der Waals surface area contributed by atoms with Gasteiger partial charge in [0, 0.05) is 36.1 Å². The molecule has 7 heteroatoms. The molecule has 3 fully saturated rings. The summed E-state index contributed by atoms with van der Waals surface area (Å²) in [5.41, 5.74) is 5.36. The maximum Gasteiger partial charge on any atom is 0.255 e. The molecular formula is C27H26FN5O. The second-order valence-electron chi connectivity index (χ2n) is 9.38. The highest BCUT2D eigenvalue weighted by Gasteiger charge is 2.35. The Bertz CT molecular complexity index is 1390. The normalized spacial score (nSPS) is 21.6. The first-order chi connectivity index (χ1) is 16.6. The smallest absolute Gasteiger partial charge is 0.255 e. The molecule has 3 aliphatic heterocycles. The predicted molar refractivity (Wildman–Crippen MR) is 129 cm³/mol. The van der Waals surface area contributed by atoms with Crippen molar-refractivity contribution in [1.29, 1.82) is 0 Å². The number of carbonyl (C=O) groups is 1. The highest BCUT2D eigenvalue weighted by molar-refractivity contribution is 6.01. The Morgan fingerprint density at radius 2 is 1.97 bits per heavy atom. The van der Waals surface area contributed by atoms with Crippen molar-refractivity contribution in [3.05, 3.63) is 78.0 Å². The summed E-state index contributed by atoms with van der Waals surface area (Å²) >= 11 is 0. The Morgan fingerprint density at radius 3 is 2.74 bits per heavy atom. The van der Waals surface area contributed by atoms with E-state index in [1.165, 1.54) is 6.07 Å². The number of fused-ring (bicyclic) bond motifs is 4. The third kappa shape index (κ3) is 3.66. The van der Waals surface area contributed by atoms with Crippen LogP contribution in [0.15, 0.2) is 61.1 Å². The van der Waals surface area contributed by atoms with Crippen LogP contribution in [-0.4, -0.2) is 51.1 Å². The maximum atomic E-state index is 13.8. The molecule has 1 N–H and O–H groups in total. The van der Waals surface area contributed by atoms with Gasteiger partial charge in [0.25, 0.3) is 5.91 Å². The number of halogens is 1. The molecule has 3 aromatic heterocycles. The molecule has 3 aliphatic rings. The number of nitrogens with zero attached hydrogens (tertiary/aromatic N) is 4. The fourth-order valence-electron chi connectivity index (χ4n) is 5.36. The summed E-state index contributed by atoms with van der Waals surface area (Å²) in [5, 5.41) is 7.68. The van der Waals surface area contributed by atoms with Gasteiger partial charge >= 0.3 is 0 Å². The van der Waals surface area contributed by atoms with Crippen molar-refractivity contribution in [2.45, 2.75) is 25.8 Å². The van der Waals surface area contributed by atoms with Crippen LogP contribution >= 0.6 is 0 Å². The largest absolute Gasteiger partial charge is 0.348 e. The van der Waals surface area contributed by atoms with Gasteiger partial charge in [0.05, 0.1) is 23.0 Å². The van der Waals surface area contributed by atoms with E-state index in [-0.39, 0.29) is 17.8 Å². The Balaban J connectivity index is 1.35. The van der Waals surface area contributed by atoms with Crippen molar-refractivity contribution < 1.29 is 9.18 Å². The van der Waals surface area contributed by atoms with Crippen molar-refractivity contribution >= 4 is 11.4 Å². The van der Waals surface area contributed by atoms with E-state index in [9.17, 15) is 9.18 Å². The molecule has 0 radical (unpaired) electrons. The van der Waals surface area contributed by atoms with Crippen LogP contribution in [0, 0.1) is 18.7 Å². The minimum absolute atomic E-state index is 0.0773. The summed E-state index contributed by atoms with van der Waals surface area (Å²) < 4.78 is 15.6. The number of aryl methyl sites for hydroxylation is 1. The van der Waals surface area contributed by atoms with Crippen LogP contribution < -0.4 is 5.32 Å². The molecule has 1 aromatic carbocycles. The minimum atomic E-state index is -0.236. The molecule has 1 amide bonds. The third-order valence-corrected chi connectivity index (χ3v) is 7.29. The first-order valence-electron chi connectivity index (χ1n) is 11.8. The first-order valence-corrected chi connectivity index (χ1v) is 11.8. The van der Waals surface area contributed by atoms with Crippen LogP contribution in [0.1, 0.15) is 28.8 Å². The number of aromatic nitrogens is 3. The van der Waals surface area contributed by atoms with Gasteiger partial charge in [-0.25, -0.2) is 8.91 Å². The number of hydrogen-bond donors (Lipinski definition) is 1. The number of rotatable bonds is 4. The number of hydrogen-bond acceptors (Lipinski definition) is 4. The Hall–Kier alpha value is -3.58. The third-order valence-electron chi connectivity index (χ3n) is 7.29. The molecule has 1 atom stereocenters. The molecule has 172 valence electrons. The van der Waals surface area contributed by atoms with E-state index in [1.807, 2.05) is 36.5 Å². The average Bonchev–Trinajstić information content (AvgIpc) is 3.30. The number of benzene rings is 1. The van der Waals surface area contributed by atoms with E-state index in [1.54, 1.807) is 29.9 Å². The lowest BCUT2D eigenvalue weighted by molar-refractivity contribution is 0.0621. The van der Waals surface area contributed by atoms with Gasteiger partial charge in [0.15, 0.2) is 0 Å². The lowest BCUT2D eigenvalue weighted by Gasteiger charge is -2.44. The second-order valence-corrected chi connectivity index (χ2v) is 9.38. The number of piperidine rings is 3. The average molecular weight is 456 g/mol. The van der Waals surface area contributed by atoms with Gasteiger partial charge in [-0.1, -0.05) is 6.07 Å². The van der Waals surface area contributed by atoms with Crippen LogP contribution in [0.5, 0.6) is 0 Å². The van der Waals surface area contributed by atoms with E-state index in [0.29, 0.717) is 17.0 Å². The molecule has 0 saturated carbocycles. The molecule has 3 saturated heterocycles. The van der Waals surface area contributed by atoms with Crippen LogP contribution in [0.2, 0.25) is 0 Å². The molecule has 7 rings (SSSR count). The number of amides is 1. The first kappa shape index (κ1) is 21.0. The molecule has 0 unspecified atom stereocenters. The van der Waals surface area contributed by atoms with E-state index in [2.05, 4.69) is 20.3 Å². The summed E-state index contributed by atoms with van der Waals surface area (Å²) in [7, 11) is 0. The van der Waals surface area contributed by atoms with Gasteiger partial charge in [-0.05, 0) is 86.3 Å². The fraction of sp³-hybridized carbons (Fsp3) is 0.296. The summed E-state index contributed by atoms with van der Waals surface area (Å²) in [6.45, 7) is 4.95. The van der Waals surface area contributed by atoms with Crippen molar-refractivity contribution in [1.82, 2.24) is 24.8 Å². The van der Waals surface area contributed by atoms with E-state index in [4.69, 9.17) is 0 Å². The summed E-state index contributed by atoms with van der Waals surface area (Å²) in [5.74, 6) is 0.246. The highest BCUT2D eigenvalue weighted by atomic mass is 19.1. The molecule has 2 bridgehead atoms. The lowest BCUT2D eigenvalue weighted by atomic mass is 9.84. The Labute approximate surface area is 197 Å². The van der Waals surface area contributed by atoms with E-state index in [0.717, 1.165) is 60.4 Å². The molecule has 0 spiro atoms. The van der Waals surface area contributed by atoms with Gasteiger partial charge in [-0.3, -0.25) is 9.78 Å². The molecule has 6 heterocycles. The van der Waals surface area contributed by atoms with Crippen molar-refractivity contribution in [3.8, 4) is 22.4 Å². The zero-order valence-electron chi connectivity index (χ0n) is 19.0. The van der Waals surface area contributed by atoms with E-state index >= 15 is 0 Å². The SMILES string of the molecule is Cc1cc(-c2ncccc2-c2ccn3ncc(C(=O)N[C@@H]4CN5CCC4CC5)c3c2)ccc1F. The van der Waals surface area contributed by atoms with Gasteiger partial charge < -0.3 is 10.2 Å². The monoisotopic (exact) mass is 455 g/mol. The molecule has 34 heavy (non-hydrogen) atoms. The lowest BCUT2D eigenvalue weighted by Crippen LogP contribution is -2.57. The topological polar surface area (TPSA) is 62.5 Å². The fourth-order valence-corrected chi connectivity index (χ4v) is 5.36. The summed E-state index contributed by atoms with van der Waals surface area (Å²) in [4.78, 5) is 20.3. The Morgan fingerprint density at radius 1 is 1.12 bits per heavy atom. The molecule has 6 nitrogen and oxygen atoms in total. The zero-order valence-corrected chi connectivity index (χ0v) is 19.0. The summed E-state index contributed by atoms with van der Waals surface area (Å²) in [6, 6.07) is 13.1. The predicted octanol–water partition coefficient (Wildman–Crippen LogP) is 4.33. The van der Waals surface area contributed by atoms with Crippen molar-refractivity contribution in [2.24, 2.45) is 5.92 Å². The molecular weight excluding hydrogens is 429 g/mol. The zero-order chi connectivity index (χ0) is 23.2. The van der Waals surface area contributed by atoms with Gasteiger partial charge in [-0.15, -0.1) is 0 Å². The van der Waals surface area contributed by atoms with Crippen LogP contribution in [0.3, 0.4) is 0 Å². The standard InChI is InChI=1S/C27H26FN5O/c1-17-13-20(4-5-23(17)28)26-21(3-2-9-29-26)19-8-12-33-25(14-19)22(15-30-33)27(34)31-24-16-32-10-6-18(24)7-11-32/h2-5,8-9,12-15,18,24H,6-7,10-11,16H2,1H3,(H,31,34)/t24-/m1/s1. The van der Waals surface area contributed by atoms with Crippen LogP contribution in [0.4, 0.5) is 4.39 Å². The van der Waals surface area contributed by atoms with Crippen LogP contribution in [0.25, 0.3) is 27.9 Å². The van der Waals surface area contributed by atoms with Crippen molar-refractivity contribution in [3.63, 3.8) is 0 Å². The maximum absolute atomic E-state index is 13.8. The number of pyridine rings is 2. The number of nitrogens with one attached hydrogen (secondary N) is 1. The molecule has 4 aromatic rings. The second kappa shape index (κ2) is 8.33. The minimum Gasteiger partial charge on any atom is -0.348 e. The van der Waals surface area contributed by atoms with E-state index < -0.39 is 0 Å². The van der Waals surface area contributed by atoms with Gasteiger partial charge in [0.1, 0.15) is 5.82 Å². The highest BCUT2D eigenvalue weighted by Crippen LogP contribution is 2.32. The van der Waals surface area contributed by atoms with Gasteiger partial charge in [0.2, 0.25) is 0 Å². The Kier molecular flexibility index (Phi) is 5.14. The summed E-state index contributed by atoms with van der Waals surface area (Å²) in [6.07, 6.45) is 7.54.